The van der Waals surface area contributed by atoms with E-state index in [1.165, 1.54) is 0 Å². The lowest BCUT2D eigenvalue weighted by atomic mass is 9.99. The summed E-state index contributed by atoms with van der Waals surface area (Å²) in [4.78, 5) is 19.1. The summed E-state index contributed by atoms with van der Waals surface area (Å²) in [6, 6.07) is 13.3. The molecular weight excluding hydrogens is 288 g/mol. The molecule has 0 N–H and O–H groups in total. The maximum Gasteiger partial charge on any atom is 0.272 e. The van der Waals surface area contributed by atoms with Crippen molar-refractivity contribution in [1.29, 1.82) is 0 Å². The number of piperidine rings is 1. The summed E-state index contributed by atoms with van der Waals surface area (Å²) in [7, 11) is 1.64. The number of hydrogen-bond acceptors (Lipinski definition) is 3. The lowest BCUT2D eigenvalue weighted by molar-refractivity contribution is 0.0691. The van der Waals surface area contributed by atoms with Gasteiger partial charge in [0.2, 0.25) is 0 Å². The Kier molecular flexibility index (Phi) is 4.60. The van der Waals surface area contributed by atoms with E-state index in [1.807, 2.05) is 41.3 Å². The molecule has 0 spiro atoms. The molecule has 0 saturated carbocycles. The second-order valence-corrected chi connectivity index (χ2v) is 6.11. The van der Waals surface area contributed by atoms with Crippen LogP contribution in [0.3, 0.4) is 0 Å². The minimum atomic E-state index is 0.0293. The first-order chi connectivity index (χ1) is 11.2. The van der Waals surface area contributed by atoms with Gasteiger partial charge in [-0.25, -0.2) is 4.98 Å². The van der Waals surface area contributed by atoms with E-state index in [4.69, 9.17) is 4.74 Å². The zero-order valence-electron chi connectivity index (χ0n) is 13.7. The van der Waals surface area contributed by atoms with Gasteiger partial charge in [-0.05, 0) is 43.0 Å². The number of hydrogen-bond donors (Lipinski definition) is 0. The van der Waals surface area contributed by atoms with Crippen LogP contribution in [0.4, 0.5) is 0 Å². The minimum Gasteiger partial charge on any atom is -0.497 e. The third kappa shape index (κ3) is 3.52. The fourth-order valence-electron chi connectivity index (χ4n) is 2.87. The number of nitrogens with zero attached hydrogens (tertiary/aromatic N) is 2. The van der Waals surface area contributed by atoms with Gasteiger partial charge in [0.1, 0.15) is 11.4 Å². The standard InChI is InChI=1S/C19H22N2O2/c1-14-9-11-21(12-10-14)19(22)18-8-4-7-17(20-18)15-5-3-6-16(13-15)23-2/h3-8,13-14H,9-12H2,1-2H3. The van der Waals surface area contributed by atoms with Crippen molar-refractivity contribution >= 4 is 5.91 Å². The highest BCUT2D eigenvalue weighted by atomic mass is 16.5. The summed E-state index contributed by atoms with van der Waals surface area (Å²) >= 11 is 0. The number of rotatable bonds is 3. The Morgan fingerprint density at radius 1 is 1.17 bits per heavy atom. The van der Waals surface area contributed by atoms with Crippen LogP contribution < -0.4 is 4.74 Å². The predicted octanol–water partition coefficient (Wildman–Crippen LogP) is 3.63. The van der Waals surface area contributed by atoms with Crippen LogP contribution in [0.2, 0.25) is 0 Å². The van der Waals surface area contributed by atoms with Gasteiger partial charge in [-0.3, -0.25) is 4.79 Å². The minimum absolute atomic E-state index is 0.0293. The Hall–Kier alpha value is -2.36. The zero-order valence-corrected chi connectivity index (χ0v) is 13.7. The van der Waals surface area contributed by atoms with Crippen LogP contribution in [0, 0.1) is 5.92 Å². The molecule has 120 valence electrons. The van der Waals surface area contributed by atoms with E-state index in [0.717, 1.165) is 42.9 Å². The number of pyridine rings is 1. The first-order valence-electron chi connectivity index (χ1n) is 8.08. The maximum atomic E-state index is 12.7. The van der Waals surface area contributed by atoms with Crippen molar-refractivity contribution in [3.63, 3.8) is 0 Å². The largest absolute Gasteiger partial charge is 0.497 e. The fraction of sp³-hybridized carbons (Fsp3) is 0.368. The molecule has 0 unspecified atom stereocenters. The van der Waals surface area contributed by atoms with E-state index < -0.39 is 0 Å². The van der Waals surface area contributed by atoms with Crippen LogP contribution in [0.15, 0.2) is 42.5 Å². The SMILES string of the molecule is COc1cccc(-c2cccc(C(=O)N3CCC(C)CC3)n2)c1. The summed E-state index contributed by atoms with van der Waals surface area (Å²) in [5.41, 5.74) is 2.26. The van der Waals surface area contributed by atoms with Gasteiger partial charge in [-0.1, -0.05) is 25.1 Å². The van der Waals surface area contributed by atoms with E-state index in [0.29, 0.717) is 11.6 Å². The summed E-state index contributed by atoms with van der Waals surface area (Å²) < 4.78 is 5.26. The van der Waals surface area contributed by atoms with Crippen LogP contribution in [0.1, 0.15) is 30.3 Å². The maximum absolute atomic E-state index is 12.7. The predicted molar refractivity (Wildman–Crippen MR) is 90.5 cm³/mol. The monoisotopic (exact) mass is 310 g/mol. The molecule has 0 bridgehead atoms. The molecule has 3 rings (SSSR count). The van der Waals surface area contributed by atoms with Crippen molar-refractivity contribution < 1.29 is 9.53 Å². The Bertz CT molecular complexity index is 691. The molecule has 0 atom stereocenters. The molecule has 2 aromatic rings. The van der Waals surface area contributed by atoms with E-state index in [1.54, 1.807) is 13.2 Å². The number of carbonyl (C=O) groups is 1. The number of aromatic nitrogens is 1. The molecule has 2 heterocycles. The molecule has 1 aromatic carbocycles. The van der Waals surface area contributed by atoms with Gasteiger partial charge in [0, 0.05) is 18.7 Å². The second kappa shape index (κ2) is 6.82. The van der Waals surface area contributed by atoms with Crippen molar-refractivity contribution in [2.24, 2.45) is 5.92 Å². The summed E-state index contributed by atoms with van der Waals surface area (Å²) in [5, 5.41) is 0. The summed E-state index contributed by atoms with van der Waals surface area (Å²) in [6.45, 7) is 3.89. The quantitative estimate of drug-likeness (QED) is 0.869. The van der Waals surface area contributed by atoms with Gasteiger partial charge < -0.3 is 9.64 Å². The lowest BCUT2D eigenvalue weighted by Gasteiger charge is -2.30. The molecule has 1 saturated heterocycles. The average molecular weight is 310 g/mol. The number of benzene rings is 1. The number of methoxy groups -OCH3 is 1. The highest BCUT2D eigenvalue weighted by molar-refractivity contribution is 5.93. The Morgan fingerprint density at radius 3 is 2.65 bits per heavy atom. The van der Waals surface area contributed by atoms with Crippen molar-refractivity contribution in [3.05, 3.63) is 48.2 Å². The summed E-state index contributed by atoms with van der Waals surface area (Å²) in [6.07, 6.45) is 2.14. The smallest absolute Gasteiger partial charge is 0.272 e. The molecule has 1 fully saturated rings. The highest BCUT2D eigenvalue weighted by Crippen LogP contribution is 2.23. The van der Waals surface area contributed by atoms with E-state index in [9.17, 15) is 4.79 Å². The van der Waals surface area contributed by atoms with Crippen LogP contribution in [-0.2, 0) is 0 Å². The van der Waals surface area contributed by atoms with E-state index in [-0.39, 0.29) is 5.91 Å². The van der Waals surface area contributed by atoms with Gasteiger partial charge in [0.25, 0.3) is 5.91 Å². The zero-order chi connectivity index (χ0) is 16.2. The van der Waals surface area contributed by atoms with Gasteiger partial charge >= 0.3 is 0 Å². The van der Waals surface area contributed by atoms with Gasteiger partial charge in [0.05, 0.1) is 12.8 Å². The molecule has 1 aromatic heterocycles. The number of amides is 1. The third-order valence-electron chi connectivity index (χ3n) is 4.40. The van der Waals surface area contributed by atoms with Crippen LogP contribution in [0.5, 0.6) is 5.75 Å². The average Bonchev–Trinajstić information content (AvgIpc) is 2.62. The number of likely N-dealkylation sites (tertiary alicyclic amines) is 1. The number of ether oxygens (including phenoxy) is 1. The van der Waals surface area contributed by atoms with Crippen molar-refractivity contribution in [2.45, 2.75) is 19.8 Å². The molecule has 0 radical (unpaired) electrons. The van der Waals surface area contributed by atoms with Crippen molar-refractivity contribution in [2.75, 3.05) is 20.2 Å². The van der Waals surface area contributed by atoms with Crippen molar-refractivity contribution in [1.82, 2.24) is 9.88 Å². The van der Waals surface area contributed by atoms with Crippen LogP contribution in [0.25, 0.3) is 11.3 Å². The molecule has 4 heteroatoms. The normalized spacial score (nSPS) is 15.5. The Labute approximate surface area is 137 Å². The molecular formula is C19H22N2O2. The highest BCUT2D eigenvalue weighted by Gasteiger charge is 2.22. The van der Waals surface area contributed by atoms with Gasteiger partial charge in [-0.15, -0.1) is 0 Å². The topological polar surface area (TPSA) is 42.4 Å². The summed E-state index contributed by atoms with van der Waals surface area (Å²) in [5.74, 6) is 1.52. The molecule has 1 aliphatic rings. The lowest BCUT2D eigenvalue weighted by Crippen LogP contribution is -2.38. The number of carbonyl (C=O) groups excluding carboxylic acids is 1. The van der Waals surface area contributed by atoms with Crippen molar-refractivity contribution in [3.8, 4) is 17.0 Å². The Balaban J connectivity index is 1.83. The molecule has 1 aliphatic heterocycles. The molecule has 1 amide bonds. The first-order valence-corrected chi connectivity index (χ1v) is 8.08. The fourth-order valence-corrected chi connectivity index (χ4v) is 2.87. The van der Waals surface area contributed by atoms with Crippen LogP contribution in [-0.4, -0.2) is 36.0 Å². The van der Waals surface area contributed by atoms with E-state index >= 15 is 0 Å². The van der Waals surface area contributed by atoms with E-state index in [2.05, 4.69) is 11.9 Å². The molecule has 4 nitrogen and oxygen atoms in total. The molecule has 23 heavy (non-hydrogen) atoms. The van der Waals surface area contributed by atoms with Gasteiger partial charge in [0.15, 0.2) is 0 Å². The Morgan fingerprint density at radius 2 is 1.91 bits per heavy atom. The molecule has 0 aliphatic carbocycles. The first kappa shape index (κ1) is 15.5. The third-order valence-corrected chi connectivity index (χ3v) is 4.40. The van der Waals surface area contributed by atoms with Gasteiger partial charge in [-0.2, -0.15) is 0 Å². The van der Waals surface area contributed by atoms with Crippen LogP contribution >= 0.6 is 0 Å². The second-order valence-electron chi connectivity index (χ2n) is 6.11.